The second-order valence-electron chi connectivity index (χ2n) is 8.05. The first-order valence-corrected chi connectivity index (χ1v) is 12.2. The molecule has 0 spiro atoms. The quantitative estimate of drug-likeness (QED) is 0.444. The molecule has 1 aliphatic heterocycles. The molecule has 1 saturated heterocycles. The molecule has 0 radical (unpaired) electrons. The van der Waals surface area contributed by atoms with Crippen molar-refractivity contribution in [2.45, 2.75) is 50.7 Å². The van der Waals surface area contributed by atoms with E-state index in [1.165, 1.54) is 28.6 Å². The van der Waals surface area contributed by atoms with Crippen LogP contribution in [0.15, 0.2) is 53.4 Å². The first kappa shape index (κ1) is 24.1. The summed E-state index contributed by atoms with van der Waals surface area (Å²) in [5.74, 6) is -0.977. The minimum absolute atomic E-state index is 0.0959. The summed E-state index contributed by atoms with van der Waals surface area (Å²) in [7, 11) is -3.69. The van der Waals surface area contributed by atoms with Crippen molar-refractivity contribution in [2.75, 3.05) is 19.7 Å². The van der Waals surface area contributed by atoms with E-state index in [0.29, 0.717) is 5.56 Å². The number of nitrogens with zero attached hydrogens (tertiary/aromatic N) is 1. The van der Waals surface area contributed by atoms with Gasteiger partial charge in [-0.3, -0.25) is 4.79 Å². The summed E-state index contributed by atoms with van der Waals surface area (Å²) in [6.45, 7) is 5.92. The summed E-state index contributed by atoms with van der Waals surface area (Å²) in [5, 5.41) is 0. The van der Waals surface area contributed by atoms with E-state index >= 15 is 0 Å². The van der Waals surface area contributed by atoms with Crippen LogP contribution in [0.1, 0.15) is 53.5 Å². The molecule has 32 heavy (non-hydrogen) atoms. The number of rotatable bonds is 8. The summed E-state index contributed by atoms with van der Waals surface area (Å²) in [5.41, 5.74) is 1.81. The van der Waals surface area contributed by atoms with Crippen molar-refractivity contribution in [3.05, 3.63) is 65.2 Å². The van der Waals surface area contributed by atoms with Gasteiger partial charge in [0.05, 0.1) is 22.7 Å². The van der Waals surface area contributed by atoms with E-state index in [0.717, 1.165) is 18.4 Å². The molecule has 0 aromatic heterocycles. The Morgan fingerprint density at radius 3 is 2.09 bits per heavy atom. The van der Waals surface area contributed by atoms with E-state index in [2.05, 4.69) is 6.92 Å². The second-order valence-corrected chi connectivity index (χ2v) is 9.99. The molecule has 3 rings (SSSR count). The van der Waals surface area contributed by atoms with E-state index in [-0.39, 0.29) is 48.1 Å². The van der Waals surface area contributed by atoms with Gasteiger partial charge in [0.1, 0.15) is 0 Å². The molecular weight excluding hydrogens is 430 g/mol. The molecule has 8 heteroatoms. The lowest BCUT2D eigenvalue weighted by Gasteiger charge is -2.34. The SMILES string of the molecule is CCCc1ccc(C(=O)COC(=O)c2ccc(S(=O)(=O)N3CC(C)OC(C)C3)cc2)cc1. The van der Waals surface area contributed by atoms with E-state index in [4.69, 9.17) is 9.47 Å². The predicted molar refractivity (Wildman–Crippen MR) is 120 cm³/mol. The highest BCUT2D eigenvalue weighted by atomic mass is 32.2. The summed E-state index contributed by atoms with van der Waals surface area (Å²) in [4.78, 5) is 24.7. The number of ether oxygens (including phenoxy) is 2. The third-order valence-corrected chi connectivity index (χ3v) is 7.11. The Labute approximate surface area is 189 Å². The number of ketones is 1. The van der Waals surface area contributed by atoms with Crippen LogP contribution in [-0.2, 0) is 25.9 Å². The number of morpholine rings is 1. The fraction of sp³-hybridized carbons (Fsp3) is 0.417. The normalized spacial score (nSPS) is 19.5. The molecule has 2 aromatic rings. The first-order chi connectivity index (χ1) is 15.2. The predicted octanol–water partition coefficient (Wildman–Crippen LogP) is 3.48. The van der Waals surface area contributed by atoms with Gasteiger partial charge in [-0.2, -0.15) is 4.31 Å². The standard InChI is InChI=1S/C24H29NO6S/c1-4-5-19-6-8-20(9-7-19)23(26)16-30-24(27)21-10-12-22(13-11-21)32(28,29)25-14-17(2)31-18(3)15-25/h6-13,17-18H,4-5,14-16H2,1-3H3. The largest absolute Gasteiger partial charge is 0.454 e. The minimum Gasteiger partial charge on any atom is -0.454 e. The summed E-state index contributed by atoms with van der Waals surface area (Å²) in [6.07, 6.45) is 1.58. The van der Waals surface area contributed by atoms with Crippen molar-refractivity contribution >= 4 is 21.8 Å². The van der Waals surface area contributed by atoms with Gasteiger partial charge in [0.25, 0.3) is 0 Å². The highest BCUT2D eigenvalue weighted by molar-refractivity contribution is 7.89. The average Bonchev–Trinajstić information content (AvgIpc) is 2.77. The molecule has 7 nitrogen and oxygen atoms in total. The molecule has 1 aliphatic rings. The molecule has 2 atom stereocenters. The molecule has 0 N–H and O–H groups in total. The van der Waals surface area contributed by atoms with Crippen molar-refractivity contribution in [1.82, 2.24) is 4.31 Å². The Hall–Kier alpha value is -2.55. The van der Waals surface area contributed by atoms with Crippen LogP contribution >= 0.6 is 0 Å². The molecule has 2 aromatic carbocycles. The number of hydrogen-bond acceptors (Lipinski definition) is 6. The smallest absolute Gasteiger partial charge is 0.338 e. The maximum atomic E-state index is 12.9. The van der Waals surface area contributed by atoms with Crippen LogP contribution in [0.25, 0.3) is 0 Å². The second kappa shape index (κ2) is 10.4. The third kappa shape index (κ3) is 5.82. The van der Waals surface area contributed by atoms with E-state index in [1.54, 1.807) is 12.1 Å². The highest BCUT2D eigenvalue weighted by Crippen LogP contribution is 2.21. The van der Waals surface area contributed by atoms with Crippen LogP contribution in [-0.4, -0.2) is 56.4 Å². The van der Waals surface area contributed by atoms with E-state index in [9.17, 15) is 18.0 Å². The third-order valence-electron chi connectivity index (χ3n) is 5.26. The van der Waals surface area contributed by atoms with Gasteiger partial charge in [-0.05, 0) is 50.1 Å². The zero-order chi connectivity index (χ0) is 23.3. The van der Waals surface area contributed by atoms with Gasteiger partial charge >= 0.3 is 5.97 Å². The summed E-state index contributed by atoms with van der Waals surface area (Å²) < 4.78 is 37.9. The zero-order valence-corrected chi connectivity index (χ0v) is 19.4. The number of aryl methyl sites for hydroxylation is 1. The number of Topliss-reactive ketones (excluding diaryl/α,β-unsaturated/α-hetero) is 1. The molecule has 2 unspecified atom stereocenters. The Morgan fingerprint density at radius 1 is 0.969 bits per heavy atom. The number of sulfonamides is 1. The Kier molecular flexibility index (Phi) is 7.82. The average molecular weight is 460 g/mol. The number of esters is 1. The van der Waals surface area contributed by atoms with Crippen LogP contribution in [0.3, 0.4) is 0 Å². The van der Waals surface area contributed by atoms with Crippen LogP contribution in [0, 0.1) is 0 Å². The van der Waals surface area contributed by atoms with Crippen LogP contribution < -0.4 is 0 Å². The van der Waals surface area contributed by atoms with E-state index in [1.807, 2.05) is 26.0 Å². The fourth-order valence-electron chi connectivity index (χ4n) is 3.68. The number of carbonyl (C=O) groups excluding carboxylic acids is 2. The monoisotopic (exact) mass is 459 g/mol. The van der Waals surface area contributed by atoms with Crippen molar-refractivity contribution in [2.24, 2.45) is 0 Å². The molecule has 0 saturated carbocycles. The van der Waals surface area contributed by atoms with Crippen molar-refractivity contribution in [3.63, 3.8) is 0 Å². The molecule has 1 fully saturated rings. The van der Waals surface area contributed by atoms with Gasteiger partial charge < -0.3 is 9.47 Å². The maximum Gasteiger partial charge on any atom is 0.338 e. The van der Waals surface area contributed by atoms with Crippen molar-refractivity contribution in [3.8, 4) is 0 Å². The molecular formula is C24H29NO6S. The number of carbonyl (C=O) groups is 2. The molecule has 172 valence electrons. The molecule has 0 bridgehead atoms. The molecule has 1 heterocycles. The van der Waals surface area contributed by atoms with Gasteiger partial charge in [0, 0.05) is 18.7 Å². The lowest BCUT2D eigenvalue weighted by atomic mass is 10.1. The Balaban J connectivity index is 1.60. The number of benzene rings is 2. The highest BCUT2D eigenvalue weighted by Gasteiger charge is 2.32. The number of hydrogen-bond donors (Lipinski definition) is 0. The molecule has 0 aliphatic carbocycles. The lowest BCUT2D eigenvalue weighted by Crippen LogP contribution is -2.48. The minimum atomic E-state index is -3.69. The maximum absolute atomic E-state index is 12.9. The van der Waals surface area contributed by atoms with Crippen LogP contribution in [0.4, 0.5) is 0 Å². The Morgan fingerprint density at radius 2 is 1.53 bits per heavy atom. The van der Waals surface area contributed by atoms with Crippen molar-refractivity contribution in [1.29, 1.82) is 0 Å². The Bertz CT molecular complexity index is 1040. The van der Waals surface area contributed by atoms with E-state index < -0.39 is 16.0 Å². The first-order valence-electron chi connectivity index (χ1n) is 10.8. The zero-order valence-electron chi connectivity index (χ0n) is 18.6. The van der Waals surface area contributed by atoms with Crippen LogP contribution in [0.2, 0.25) is 0 Å². The van der Waals surface area contributed by atoms with Gasteiger partial charge in [0.15, 0.2) is 12.4 Å². The summed E-state index contributed by atoms with van der Waals surface area (Å²) in [6, 6.07) is 12.8. The van der Waals surface area contributed by atoms with Crippen molar-refractivity contribution < 1.29 is 27.5 Å². The van der Waals surface area contributed by atoms with Gasteiger partial charge in [-0.1, -0.05) is 37.6 Å². The fourth-order valence-corrected chi connectivity index (χ4v) is 5.27. The van der Waals surface area contributed by atoms with Gasteiger partial charge in [-0.25, -0.2) is 13.2 Å². The lowest BCUT2D eigenvalue weighted by molar-refractivity contribution is -0.0440. The molecule has 0 amide bonds. The summed E-state index contributed by atoms with van der Waals surface area (Å²) >= 11 is 0. The topological polar surface area (TPSA) is 90.0 Å². The van der Waals surface area contributed by atoms with Gasteiger partial charge in [-0.15, -0.1) is 0 Å². The van der Waals surface area contributed by atoms with Crippen LogP contribution in [0.5, 0.6) is 0 Å². The van der Waals surface area contributed by atoms with Gasteiger partial charge in [0.2, 0.25) is 10.0 Å².